The molecular formula is C21H41NO. The van der Waals surface area contributed by atoms with Gasteiger partial charge in [0, 0.05) is 5.92 Å². The number of hydrogen-bond acceptors (Lipinski definition) is 1. The Kier molecular flexibility index (Phi) is 13.4. The zero-order chi connectivity index (χ0) is 16.6. The van der Waals surface area contributed by atoms with Crippen molar-refractivity contribution in [3.63, 3.8) is 0 Å². The minimum atomic E-state index is -0.0628. The maximum Gasteiger partial charge on any atom is 0.220 e. The van der Waals surface area contributed by atoms with Crippen LogP contribution in [0.1, 0.15) is 122 Å². The summed E-state index contributed by atoms with van der Waals surface area (Å²) in [5.74, 6) is 0.0766. The zero-order valence-electron chi connectivity index (χ0n) is 15.5. The first-order chi connectivity index (χ1) is 11.3. The normalized spacial score (nSPS) is 23.1. The fraction of sp³-hybridized carbons (Fsp3) is 0.952. The Labute approximate surface area is 145 Å². The smallest absolute Gasteiger partial charge is 0.220 e. The third kappa shape index (κ3) is 12.5. The Morgan fingerprint density at radius 3 is 0.913 bits per heavy atom. The molecule has 23 heavy (non-hydrogen) atoms. The van der Waals surface area contributed by atoms with Gasteiger partial charge in [0.15, 0.2) is 0 Å². The second-order valence-electron chi connectivity index (χ2n) is 7.69. The molecule has 1 amide bonds. The van der Waals surface area contributed by atoms with Gasteiger partial charge in [-0.1, -0.05) is 109 Å². The van der Waals surface area contributed by atoms with Crippen molar-refractivity contribution in [1.29, 1.82) is 0 Å². The molecule has 0 aromatic heterocycles. The summed E-state index contributed by atoms with van der Waals surface area (Å²) in [6.07, 6.45) is 25.3. The lowest BCUT2D eigenvalue weighted by molar-refractivity contribution is -0.122. The predicted octanol–water partition coefficient (Wildman–Crippen LogP) is 6.51. The van der Waals surface area contributed by atoms with Gasteiger partial charge in [0.05, 0.1) is 0 Å². The molecule has 0 atom stereocenters. The van der Waals surface area contributed by atoms with Crippen molar-refractivity contribution in [2.45, 2.75) is 122 Å². The number of primary amides is 1. The third-order valence-corrected chi connectivity index (χ3v) is 5.51. The van der Waals surface area contributed by atoms with E-state index in [1.54, 1.807) is 0 Å². The minimum Gasteiger partial charge on any atom is -0.369 e. The van der Waals surface area contributed by atoms with E-state index in [-0.39, 0.29) is 11.8 Å². The maximum atomic E-state index is 11.6. The Balaban J connectivity index is 2.22. The summed E-state index contributed by atoms with van der Waals surface area (Å²) in [6.45, 7) is 0. The second kappa shape index (κ2) is 15.0. The van der Waals surface area contributed by atoms with Gasteiger partial charge >= 0.3 is 0 Å². The first-order valence-corrected chi connectivity index (χ1v) is 10.6. The fourth-order valence-corrected chi connectivity index (χ4v) is 3.86. The Hall–Kier alpha value is -0.530. The molecule has 1 fully saturated rings. The van der Waals surface area contributed by atoms with Crippen LogP contribution in [0, 0.1) is 5.92 Å². The molecule has 1 rings (SSSR count). The van der Waals surface area contributed by atoms with Gasteiger partial charge in [-0.2, -0.15) is 0 Å². The lowest BCUT2D eigenvalue weighted by Gasteiger charge is -2.13. The second-order valence-corrected chi connectivity index (χ2v) is 7.69. The van der Waals surface area contributed by atoms with Crippen molar-refractivity contribution < 1.29 is 4.79 Å². The van der Waals surface area contributed by atoms with Crippen molar-refractivity contribution >= 4 is 5.91 Å². The van der Waals surface area contributed by atoms with Crippen molar-refractivity contribution in [2.24, 2.45) is 11.7 Å². The largest absolute Gasteiger partial charge is 0.369 e. The van der Waals surface area contributed by atoms with Gasteiger partial charge in [-0.25, -0.2) is 0 Å². The van der Waals surface area contributed by atoms with Crippen LogP contribution in [0.3, 0.4) is 0 Å². The molecular weight excluding hydrogens is 282 g/mol. The van der Waals surface area contributed by atoms with Crippen molar-refractivity contribution in [2.75, 3.05) is 0 Å². The van der Waals surface area contributed by atoms with E-state index >= 15 is 0 Å². The van der Waals surface area contributed by atoms with Crippen LogP contribution in [-0.4, -0.2) is 5.91 Å². The molecule has 0 bridgehead atoms. The van der Waals surface area contributed by atoms with E-state index in [0.29, 0.717) is 0 Å². The van der Waals surface area contributed by atoms with Gasteiger partial charge in [0.2, 0.25) is 5.91 Å². The summed E-state index contributed by atoms with van der Waals surface area (Å²) >= 11 is 0. The van der Waals surface area contributed by atoms with Crippen molar-refractivity contribution in [1.82, 2.24) is 0 Å². The number of amides is 1. The lowest BCUT2D eigenvalue weighted by Crippen LogP contribution is -2.23. The molecule has 0 saturated heterocycles. The standard InChI is InChI=1S/C21H41NO/c22-21(23)20-18-16-14-12-10-8-6-4-2-1-3-5-7-9-11-13-15-17-19-20/h20H,1-19H2,(H2,22,23). The molecule has 2 N–H and O–H groups in total. The molecule has 1 aliphatic carbocycles. The molecule has 0 aromatic carbocycles. The third-order valence-electron chi connectivity index (χ3n) is 5.51. The first kappa shape index (κ1) is 20.5. The van der Waals surface area contributed by atoms with Crippen LogP contribution in [0.15, 0.2) is 0 Å². The van der Waals surface area contributed by atoms with Gasteiger partial charge in [-0.05, 0) is 12.8 Å². The number of hydrogen-bond donors (Lipinski definition) is 1. The van der Waals surface area contributed by atoms with E-state index < -0.39 is 0 Å². The highest BCUT2D eigenvalue weighted by Crippen LogP contribution is 2.20. The molecule has 1 aliphatic rings. The van der Waals surface area contributed by atoms with E-state index in [4.69, 9.17) is 5.73 Å². The van der Waals surface area contributed by atoms with Gasteiger partial charge < -0.3 is 5.73 Å². The number of carbonyl (C=O) groups excluding carboxylic acids is 1. The summed E-state index contributed by atoms with van der Waals surface area (Å²) in [5.41, 5.74) is 5.58. The van der Waals surface area contributed by atoms with Gasteiger partial charge in [0.25, 0.3) is 0 Å². The molecule has 0 aromatic rings. The van der Waals surface area contributed by atoms with Crippen LogP contribution in [0.25, 0.3) is 0 Å². The molecule has 2 heteroatoms. The quantitative estimate of drug-likeness (QED) is 0.587. The highest BCUT2D eigenvalue weighted by atomic mass is 16.1. The van der Waals surface area contributed by atoms with Crippen LogP contribution >= 0.6 is 0 Å². The molecule has 0 spiro atoms. The van der Waals surface area contributed by atoms with Crippen molar-refractivity contribution in [3.05, 3.63) is 0 Å². The molecule has 0 radical (unpaired) electrons. The van der Waals surface area contributed by atoms with E-state index in [9.17, 15) is 4.79 Å². The van der Waals surface area contributed by atoms with E-state index in [1.807, 2.05) is 0 Å². The van der Waals surface area contributed by atoms with E-state index in [0.717, 1.165) is 12.8 Å². The van der Waals surface area contributed by atoms with Crippen molar-refractivity contribution in [3.8, 4) is 0 Å². The van der Waals surface area contributed by atoms with Gasteiger partial charge in [0.1, 0.15) is 0 Å². The number of carbonyl (C=O) groups is 1. The minimum absolute atomic E-state index is 0.0628. The topological polar surface area (TPSA) is 43.1 Å². The van der Waals surface area contributed by atoms with Crippen LogP contribution in [0.4, 0.5) is 0 Å². The SMILES string of the molecule is NC(=O)C1CCCCCCCCCCCCCCCCCCC1. The Bertz CT molecular complexity index is 257. The summed E-state index contributed by atoms with van der Waals surface area (Å²) in [4.78, 5) is 11.6. The predicted molar refractivity (Wildman–Crippen MR) is 100 cm³/mol. The fourth-order valence-electron chi connectivity index (χ4n) is 3.86. The van der Waals surface area contributed by atoms with Crippen LogP contribution in [-0.2, 0) is 4.79 Å². The number of rotatable bonds is 1. The molecule has 0 heterocycles. The van der Waals surface area contributed by atoms with Crippen LogP contribution < -0.4 is 5.73 Å². The Morgan fingerprint density at radius 1 is 0.478 bits per heavy atom. The average Bonchev–Trinajstić information content (AvgIpc) is 2.53. The van der Waals surface area contributed by atoms with Crippen LogP contribution in [0.5, 0.6) is 0 Å². The van der Waals surface area contributed by atoms with E-state index in [2.05, 4.69) is 0 Å². The summed E-state index contributed by atoms with van der Waals surface area (Å²) in [6, 6.07) is 0. The zero-order valence-corrected chi connectivity index (χ0v) is 15.5. The molecule has 0 unspecified atom stereocenters. The lowest BCUT2D eigenvalue weighted by atomic mass is 9.93. The molecule has 136 valence electrons. The Morgan fingerprint density at radius 2 is 0.696 bits per heavy atom. The highest BCUT2D eigenvalue weighted by molar-refractivity contribution is 5.76. The van der Waals surface area contributed by atoms with Crippen LogP contribution in [0.2, 0.25) is 0 Å². The summed E-state index contributed by atoms with van der Waals surface area (Å²) in [7, 11) is 0. The first-order valence-electron chi connectivity index (χ1n) is 10.6. The summed E-state index contributed by atoms with van der Waals surface area (Å²) in [5, 5.41) is 0. The molecule has 1 saturated carbocycles. The summed E-state index contributed by atoms with van der Waals surface area (Å²) < 4.78 is 0. The molecule has 0 aliphatic heterocycles. The molecule has 2 nitrogen and oxygen atoms in total. The number of nitrogens with two attached hydrogens (primary N) is 1. The monoisotopic (exact) mass is 323 g/mol. The van der Waals surface area contributed by atoms with Gasteiger partial charge in [-0.3, -0.25) is 4.79 Å². The van der Waals surface area contributed by atoms with Gasteiger partial charge in [-0.15, -0.1) is 0 Å². The van der Waals surface area contributed by atoms with E-state index in [1.165, 1.54) is 109 Å². The maximum absolute atomic E-state index is 11.6. The average molecular weight is 324 g/mol. The highest BCUT2D eigenvalue weighted by Gasteiger charge is 2.14.